The highest BCUT2D eigenvalue weighted by Crippen LogP contribution is 2.05. The van der Waals surface area contributed by atoms with Crippen LogP contribution in [-0.4, -0.2) is 57.6 Å². The van der Waals surface area contributed by atoms with Gasteiger partial charge in [0.1, 0.15) is 0 Å². The van der Waals surface area contributed by atoms with Crippen LogP contribution < -0.4 is 10.0 Å². The zero-order chi connectivity index (χ0) is 12.2. The summed E-state index contributed by atoms with van der Waals surface area (Å²) in [6.07, 6.45) is -0.604. The number of sulfonamides is 1. The molecular weight excluding hydrogens is 236 g/mol. The number of ether oxygens (including phenoxy) is 1. The van der Waals surface area contributed by atoms with E-state index in [-0.39, 0.29) is 12.1 Å². The lowest BCUT2D eigenvalue weighted by Gasteiger charge is -2.18. The van der Waals surface area contributed by atoms with Crippen molar-refractivity contribution in [1.82, 2.24) is 10.0 Å². The van der Waals surface area contributed by atoms with Crippen molar-refractivity contribution < 1.29 is 23.1 Å². The summed E-state index contributed by atoms with van der Waals surface area (Å²) in [4.78, 5) is 10.3. The standard InChI is InChI=1S/C8H16N2O5S/c1-15-7-5-9-4-6(7)10-16(13,14)3-2-8(11)12/h6-7,9-10H,2-5H2,1H3,(H,11,12)/t6?,7-/m0/s1. The Labute approximate surface area is 94.2 Å². The van der Waals surface area contributed by atoms with Crippen LogP contribution in [0, 0.1) is 0 Å². The second-order valence-corrected chi connectivity index (χ2v) is 5.49. The number of hydrogen-bond acceptors (Lipinski definition) is 5. The highest BCUT2D eigenvalue weighted by Gasteiger charge is 2.30. The highest BCUT2D eigenvalue weighted by molar-refractivity contribution is 7.89. The molecule has 1 saturated heterocycles. The first-order valence-corrected chi connectivity index (χ1v) is 6.55. The van der Waals surface area contributed by atoms with Crippen molar-refractivity contribution in [2.75, 3.05) is 26.0 Å². The van der Waals surface area contributed by atoms with E-state index in [1.165, 1.54) is 7.11 Å². The Morgan fingerprint density at radius 3 is 2.81 bits per heavy atom. The Bertz CT molecular complexity index is 342. The third kappa shape index (κ3) is 4.05. The summed E-state index contributed by atoms with van der Waals surface area (Å²) in [5.41, 5.74) is 0. The van der Waals surface area contributed by atoms with Crippen LogP contribution in [0.25, 0.3) is 0 Å². The van der Waals surface area contributed by atoms with E-state index in [4.69, 9.17) is 9.84 Å². The molecule has 3 N–H and O–H groups in total. The first kappa shape index (κ1) is 13.4. The molecule has 0 aromatic rings. The highest BCUT2D eigenvalue weighted by atomic mass is 32.2. The molecule has 1 aliphatic heterocycles. The van der Waals surface area contributed by atoms with Gasteiger partial charge < -0.3 is 15.2 Å². The lowest BCUT2D eigenvalue weighted by atomic mass is 10.2. The van der Waals surface area contributed by atoms with Gasteiger partial charge in [-0.1, -0.05) is 0 Å². The van der Waals surface area contributed by atoms with Crippen LogP contribution in [0.4, 0.5) is 0 Å². The van der Waals surface area contributed by atoms with Crippen molar-refractivity contribution in [3.63, 3.8) is 0 Å². The SMILES string of the molecule is CO[C@H]1CNCC1NS(=O)(=O)CCC(=O)O. The van der Waals surface area contributed by atoms with Crippen LogP contribution in [-0.2, 0) is 19.6 Å². The number of carboxylic acid groups (broad SMARTS) is 1. The molecular formula is C8H16N2O5S. The third-order valence-electron chi connectivity index (χ3n) is 2.38. The van der Waals surface area contributed by atoms with Gasteiger partial charge in [0.25, 0.3) is 0 Å². The third-order valence-corrected chi connectivity index (χ3v) is 3.78. The van der Waals surface area contributed by atoms with Crippen LogP contribution >= 0.6 is 0 Å². The van der Waals surface area contributed by atoms with Crippen LogP contribution in [0.3, 0.4) is 0 Å². The van der Waals surface area contributed by atoms with Gasteiger partial charge in [-0.15, -0.1) is 0 Å². The van der Waals surface area contributed by atoms with E-state index < -0.39 is 28.2 Å². The number of aliphatic carboxylic acids is 1. The predicted octanol–water partition coefficient (Wildman–Crippen LogP) is -1.63. The van der Waals surface area contributed by atoms with Crippen molar-refractivity contribution in [2.24, 2.45) is 0 Å². The zero-order valence-electron chi connectivity index (χ0n) is 8.97. The summed E-state index contributed by atoms with van der Waals surface area (Å²) in [6.45, 7) is 1.08. The molecule has 1 aliphatic rings. The van der Waals surface area contributed by atoms with Crippen LogP contribution in [0.5, 0.6) is 0 Å². The van der Waals surface area contributed by atoms with Crippen LogP contribution in [0.15, 0.2) is 0 Å². The topological polar surface area (TPSA) is 105 Å². The second kappa shape index (κ2) is 5.58. The lowest BCUT2D eigenvalue weighted by Crippen LogP contribution is -2.44. The van der Waals surface area contributed by atoms with E-state index >= 15 is 0 Å². The van der Waals surface area contributed by atoms with Gasteiger partial charge in [0.05, 0.1) is 24.3 Å². The van der Waals surface area contributed by atoms with Gasteiger partial charge >= 0.3 is 5.97 Å². The zero-order valence-corrected chi connectivity index (χ0v) is 9.79. The minimum absolute atomic E-state index is 0.209. The van der Waals surface area contributed by atoms with Gasteiger partial charge in [0, 0.05) is 20.2 Å². The monoisotopic (exact) mass is 252 g/mol. The van der Waals surface area contributed by atoms with Crippen molar-refractivity contribution in [3.8, 4) is 0 Å². The Morgan fingerprint density at radius 2 is 2.25 bits per heavy atom. The Morgan fingerprint density at radius 1 is 1.56 bits per heavy atom. The molecule has 1 heterocycles. The molecule has 16 heavy (non-hydrogen) atoms. The molecule has 0 radical (unpaired) electrons. The summed E-state index contributed by atoms with van der Waals surface area (Å²) in [7, 11) is -2.04. The molecule has 0 spiro atoms. The molecule has 94 valence electrons. The van der Waals surface area contributed by atoms with Gasteiger partial charge in [-0.3, -0.25) is 4.79 Å². The number of carbonyl (C=O) groups is 1. The first-order valence-electron chi connectivity index (χ1n) is 4.90. The van der Waals surface area contributed by atoms with Crippen molar-refractivity contribution >= 4 is 16.0 Å². The number of rotatable bonds is 6. The average molecular weight is 252 g/mol. The number of hydrogen-bond donors (Lipinski definition) is 3. The Balaban J connectivity index is 2.48. The van der Waals surface area contributed by atoms with Gasteiger partial charge in [0.15, 0.2) is 0 Å². The molecule has 0 aromatic carbocycles. The smallest absolute Gasteiger partial charge is 0.304 e. The fourth-order valence-electron chi connectivity index (χ4n) is 1.53. The largest absolute Gasteiger partial charge is 0.481 e. The normalized spacial score (nSPS) is 25.8. The summed E-state index contributed by atoms with van der Waals surface area (Å²) in [6, 6.07) is -0.330. The molecule has 1 fully saturated rings. The van der Waals surface area contributed by atoms with Crippen molar-refractivity contribution in [3.05, 3.63) is 0 Å². The van der Waals surface area contributed by atoms with Crippen LogP contribution in [0.1, 0.15) is 6.42 Å². The quantitative estimate of drug-likeness (QED) is 0.524. The van der Waals surface area contributed by atoms with E-state index in [0.29, 0.717) is 13.1 Å². The van der Waals surface area contributed by atoms with Gasteiger partial charge in [-0.25, -0.2) is 13.1 Å². The fourth-order valence-corrected chi connectivity index (χ4v) is 2.79. The first-order chi connectivity index (χ1) is 7.44. The summed E-state index contributed by atoms with van der Waals surface area (Å²) in [5, 5.41) is 11.4. The molecule has 0 amide bonds. The van der Waals surface area contributed by atoms with Crippen LogP contribution in [0.2, 0.25) is 0 Å². The van der Waals surface area contributed by atoms with Crippen molar-refractivity contribution in [2.45, 2.75) is 18.6 Å². The van der Waals surface area contributed by atoms with E-state index in [2.05, 4.69) is 10.0 Å². The Hall–Kier alpha value is -0.700. The number of methoxy groups -OCH3 is 1. The predicted molar refractivity (Wildman–Crippen MR) is 56.6 cm³/mol. The maximum absolute atomic E-state index is 11.5. The molecule has 1 rings (SSSR count). The van der Waals surface area contributed by atoms with E-state index in [0.717, 1.165) is 0 Å². The summed E-state index contributed by atoms with van der Waals surface area (Å²) >= 11 is 0. The summed E-state index contributed by atoms with van der Waals surface area (Å²) in [5.74, 6) is -1.53. The molecule has 0 saturated carbocycles. The van der Waals surface area contributed by atoms with Gasteiger partial charge in [-0.05, 0) is 0 Å². The maximum Gasteiger partial charge on any atom is 0.304 e. The van der Waals surface area contributed by atoms with E-state index in [1.54, 1.807) is 0 Å². The molecule has 0 aromatic heterocycles. The molecule has 1 unspecified atom stereocenters. The minimum Gasteiger partial charge on any atom is -0.481 e. The van der Waals surface area contributed by atoms with Gasteiger partial charge in [-0.2, -0.15) is 0 Å². The minimum atomic E-state index is -3.55. The molecule has 0 aliphatic carbocycles. The maximum atomic E-state index is 11.5. The lowest BCUT2D eigenvalue weighted by molar-refractivity contribution is -0.136. The number of carboxylic acids is 1. The second-order valence-electron chi connectivity index (χ2n) is 3.62. The molecule has 7 nitrogen and oxygen atoms in total. The fraction of sp³-hybridized carbons (Fsp3) is 0.875. The van der Waals surface area contributed by atoms with Gasteiger partial charge in [0.2, 0.25) is 10.0 Å². The molecule has 2 atom stereocenters. The molecule has 0 bridgehead atoms. The Kier molecular flexibility index (Phi) is 4.66. The van der Waals surface area contributed by atoms with E-state index in [1.807, 2.05) is 0 Å². The number of nitrogens with one attached hydrogen (secondary N) is 2. The summed E-state index contributed by atoms with van der Waals surface area (Å²) < 4.78 is 30.5. The van der Waals surface area contributed by atoms with E-state index in [9.17, 15) is 13.2 Å². The molecule has 8 heteroatoms. The van der Waals surface area contributed by atoms with Crippen molar-refractivity contribution in [1.29, 1.82) is 0 Å². The average Bonchev–Trinajstić information content (AvgIpc) is 2.61.